The molecule has 0 fully saturated rings. The first kappa shape index (κ1) is 23.0. The van der Waals surface area contributed by atoms with E-state index in [1.54, 1.807) is 12.1 Å². The minimum atomic E-state index is -0.750. The Morgan fingerprint density at radius 3 is 2.47 bits per heavy atom. The summed E-state index contributed by atoms with van der Waals surface area (Å²) < 4.78 is 28.3. The van der Waals surface area contributed by atoms with Crippen LogP contribution in [0.2, 0.25) is 0 Å². The van der Waals surface area contributed by atoms with Crippen LogP contribution >= 0.6 is 0 Å². The molecule has 0 atom stereocenters. The van der Waals surface area contributed by atoms with E-state index in [-0.39, 0.29) is 23.5 Å². The van der Waals surface area contributed by atoms with E-state index in [4.69, 9.17) is 0 Å². The highest BCUT2D eigenvalue weighted by molar-refractivity contribution is 5.63. The average Bonchev–Trinajstić information content (AvgIpc) is 2.72. The zero-order chi connectivity index (χ0) is 23.3. The van der Waals surface area contributed by atoms with Gasteiger partial charge in [-0.25, -0.2) is 13.5 Å². The first-order valence-electron chi connectivity index (χ1n) is 9.93. The van der Waals surface area contributed by atoms with Crippen molar-refractivity contribution in [3.8, 4) is 11.3 Å². The van der Waals surface area contributed by atoms with Crippen LogP contribution in [0.3, 0.4) is 0 Å². The molecule has 0 aliphatic carbocycles. The van der Waals surface area contributed by atoms with Crippen LogP contribution in [0.4, 0.5) is 20.2 Å². The van der Waals surface area contributed by atoms with Crippen LogP contribution in [0.1, 0.15) is 12.0 Å². The van der Waals surface area contributed by atoms with Crippen molar-refractivity contribution in [2.24, 2.45) is 0 Å². The van der Waals surface area contributed by atoms with E-state index in [2.05, 4.69) is 10.4 Å². The number of aromatic nitrogens is 2. The SMILES string of the molecule is CN(C)CCCNc1cc(Cn2nc(-c3cc(F)cc(F)c3)ccc2=O)ccc1[N+](=O)[O-]. The number of hydrogen-bond donors (Lipinski definition) is 1. The van der Waals surface area contributed by atoms with Gasteiger partial charge in [-0.2, -0.15) is 5.10 Å². The van der Waals surface area contributed by atoms with Crippen LogP contribution in [0.15, 0.2) is 53.3 Å². The lowest BCUT2D eigenvalue weighted by Gasteiger charge is -2.12. The Labute approximate surface area is 183 Å². The zero-order valence-corrected chi connectivity index (χ0v) is 17.7. The molecule has 0 aliphatic rings. The van der Waals surface area contributed by atoms with Crippen LogP contribution in [0.5, 0.6) is 0 Å². The number of nitro groups is 1. The Hall–Kier alpha value is -3.66. The Kier molecular flexibility index (Phi) is 7.26. The zero-order valence-electron chi connectivity index (χ0n) is 17.7. The quantitative estimate of drug-likeness (QED) is 0.309. The number of nitrogens with zero attached hydrogens (tertiary/aromatic N) is 4. The number of rotatable bonds is 9. The third-order valence-corrected chi connectivity index (χ3v) is 4.71. The Balaban J connectivity index is 1.86. The maximum absolute atomic E-state index is 13.6. The van der Waals surface area contributed by atoms with Crippen LogP contribution in [0, 0.1) is 21.7 Å². The molecule has 1 N–H and O–H groups in total. The van der Waals surface area contributed by atoms with Crippen molar-refractivity contribution in [1.82, 2.24) is 14.7 Å². The molecule has 3 aromatic rings. The number of anilines is 1. The van der Waals surface area contributed by atoms with Gasteiger partial charge < -0.3 is 10.2 Å². The van der Waals surface area contributed by atoms with E-state index >= 15 is 0 Å². The molecule has 0 saturated carbocycles. The number of halogens is 2. The molecule has 0 radical (unpaired) electrons. The summed E-state index contributed by atoms with van der Waals surface area (Å²) in [6.07, 6.45) is 0.793. The minimum Gasteiger partial charge on any atom is -0.379 e. The summed E-state index contributed by atoms with van der Waals surface area (Å²) >= 11 is 0. The van der Waals surface area contributed by atoms with Gasteiger partial charge in [-0.15, -0.1) is 0 Å². The molecule has 0 saturated heterocycles. The third-order valence-electron chi connectivity index (χ3n) is 4.71. The maximum Gasteiger partial charge on any atom is 0.292 e. The predicted molar refractivity (Wildman–Crippen MR) is 118 cm³/mol. The normalized spacial score (nSPS) is 11.0. The van der Waals surface area contributed by atoms with Crippen molar-refractivity contribution in [3.63, 3.8) is 0 Å². The predicted octanol–water partition coefficient (Wildman–Crippen LogP) is 3.51. The van der Waals surface area contributed by atoms with Gasteiger partial charge in [0.25, 0.3) is 11.2 Å². The van der Waals surface area contributed by atoms with Crippen LogP contribution < -0.4 is 10.9 Å². The van der Waals surface area contributed by atoms with Gasteiger partial charge in [-0.05, 0) is 56.9 Å². The standard InChI is InChI=1S/C22H23F2N5O3/c1-27(2)9-3-8-25-20-10-15(4-6-21(20)29(31)32)14-28-22(30)7-5-19(26-28)16-11-17(23)13-18(24)12-16/h4-7,10-13,25H,3,8-9,14H2,1-2H3. The summed E-state index contributed by atoms with van der Waals surface area (Å²) in [4.78, 5) is 25.2. The number of nitro benzene ring substituents is 1. The van der Waals surface area contributed by atoms with Crippen molar-refractivity contribution in [1.29, 1.82) is 0 Å². The summed E-state index contributed by atoms with van der Waals surface area (Å²) in [6.45, 7) is 1.41. The second-order valence-corrected chi connectivity index (χ2v) is 7.56. The van der Waals surface area contributed by atoms with Crippen LogP contribution in [-0.2, 0) is 6.54 Å². The van der Waals surface area contributed by atoms with Gasteiger partial charge in [-0.3, -0.25) is 14.9 Å². The second-order valence-electron chi connectivity index (χ2n) is 7.56. The molecule has 1 heterocycles. The van der Waals surface area contributed by atoms with Gasteiger partial charge >= 0.3 is 0 Å². The molecular formula is C22H23F2N5O3. The van der Waals surface area contributed by atoms with Crippen molar-refractivity contribution in [2.45, 2.75) is 13.0 Å². The minimum absolute atomic E-state index is 0.0366. The molecular weight excluding hydrogens is 420 g/mol. The van der Waals surface area contributed by atoms with E-state index < -0.39 is 22.1 Å². The molecule has 0 spiro atoms. The smallest absolute Gasteiger partial charge is 0.292 e. The topological polar surface area (TPSA) is 93.3 Å². The summed E-state index contributed by atoms with van der Waals surface area (Å²) in [5.41, 5.74) is 0.910. The molecule has 3 rings (SSSR count). The fraction of sp³-hybridized carbons (Fsp3) is 0.273. The van der Waals surface area contributed by atoms with E-state index in [1.807, 2.05) is 19.0 Å². The van der Waals surface area contributed by atoms with E-state index in [9.17, 15) is 23.7 Å². The summed E-state index contributed by atoms with van der Waals surface area (Å²) in [6, 6.07) is 10.2. The first-order valence-corrected chi connectivity index (χ1v) is 9.93. The second kappa shape index (κ2) is 10.1. The van der Waals surface area contributed by atoms with Crippen molar-refractivity contribution in [2.75, 3.05) is 32.5 Å². The molecule has 168 valence electrons. The van der Waals surface area contributed by atoms with Gasteiger partial charge in [-0.1, -0.05) is 6.07 Å². The van der Waals surface area contributed by atoms with E-state index in [0.29, 0.717) is 17.8 Å². The fourth-order valence-electron chi connectivity index (χ4n) is 3.19. The molecule has 10 heteroatoms. The number of benzene rings is 2. The fourth-order valence-corrected chi connectivity index (χ4v) is 3.19. The van der Waals surface area contributed by atoms with Crippen LogP contribution in [0.25, 0.3) is 11.3 Å². The Bertz CT molecular complexity index is 1160. The Morgan fingerprint density at radius 1 is 1.09 bits per heavy atom. The van der Waals surface area contributed by atoms with E-state index in [1.165, 1.54) is 18.2 Å². The van der Waals surface area contributed by atoms with Crippen LogP contribution in [-0.4, -0.2) is 46.8 Å². The molecule has 8 nitrogen and oxygen atoms in total. The molecule has 1 aromatic heterocycles. The molecule has 32 heavy (non-hydrogen) atoms. The summed E-state index contributed by atoms with van der Waals surface area (Å²) in [5, 5.41) is 18.7. The first-order chi connectivity index (χ1) is 15.2. The Morgan fingerprint density at radius 2 is 1.81 bits per heavy atom. The van der Waals surface area contributed by atoms with Gasteiger partial charge in [0, 0.05) is 30.3 Å². The molecule has 2 aromatic carbocycles. The maximum atomic E-state index is 13.6. The van der Waals surface area contributed by atoms with Gasteiger partial charge in [0.2, 0.25) is 0 Å². The lowest BCUT2D eigenvalue weighted by atomic mass is 10.1. The average molecular weight is 443 g/mol. The lowest BCUT2D eigenvalue weighted by Crippen LogP contribution is -2.23. The summed E-state index contributed by atoms with van der Waals surface area (Å²) in [7, 11) is 3.89. The van der Waals surface area contributed by atoms with Crippen molar-refractivity contribution < 1.29 is 13.7 Å². The molecule has 0 unspecified atom stereocenters. The van der Waals surface area contributed by atoms with Gasteiger partial charge in [0.1, 0.15) is 17.3 Å². The molecule has 0 aliphatic heterocycles. The number of nitrogens with one attached hydrogen (secondary N) is 1. The largest absolute Gasteiger partial charge is 0.379 e. The molecule has 0 bridgehead atoms. The van der Waals surface area contributed by atoms with Crippen molar-refractivity contribution in [3.05, 3.63) is 86.2 Å². The number of hydrogen-bond acceptors (Lipinski definition) is 6. The lowest BCUT2D eigenvalue weighted by molar-refractivity contribution is -0.384. The van der Waals surface area contributed by atoms with Gasteiger partial charge in [0.05, 0.1) is 17.2 Å². The highest BCUT2D eigenvalue weighted by Gasteiger charge is 2.15. The third kappa shape index (κ3) is 5.94. The highest BCUT2D eigenvalue weighted by atomic mass is 19.1. The monoisotopic (exact) mass is 443 g/mol. The van der Waals surface area contributed by atoms with Crippen molar-refractivity contribution >= 4 is 11.4 Å². The van der Waals surface area contributed by atoms with Gasteiger partial charge in [0.15, 0.2) is 0 Å². The van der Waals surface area contributed by atoms with E-state index in [0.717, 1.165) is 35.8 Å². The highest BCUT2D eigenvalue weighted by Crippen LogP contribution is 2.26. The molecule has 0 amide bonds. The summed E-state index contributed by atoms with van der Waals surface area (Å²) in [5.74, 6) is -1.50.